The van der Waals surface area contributed by atoms with Crippen LogP contribution in [0.25, 0.3) is 11.0 Å². The zero-order valence-corrected chi connectivity index (χ0v) is 23.5. The Morgan fingerprint density at radius 1 is 1.12 bits per heavy atom. The summed E-state index contributed by atoms with van der Waals surface area (Å²) in [4.78, 5) is 32.7. The van der Waals surface area contributed by atoms with Crippen molar-refractivity contribution in [3.63, 3.8) is 0 Å². The molecule has 3 aliphatic heterocycles. The van der Waals surface area contributed by atoms with Gasteiger partial charge in [0.15, 0.2) is 6.23 Å². The number of urea groups is 1. The van der Waals surface area contributed by atoms with Gasteiger partial charge < -0.3 is 35.9 Å². The van der Waals surface area contributed by atoms with E-state index >= 15 is 0 Å². The maximum atomic E-state index is 12.5. The highest BCUT2D eigenvalue weighted by atomic mass is 32.2. The molecule has 2 aromatic heterocycles. The first kappa shape index (κ1) is 27.7. The van der Waals surface area contributed by atoms with Crippen molar-refractivity contribution in [3.8, 4) is 0 Å². The number of hydrogen-bond acceptors (Lipinski definition) is 9. The van der Waals surface area contributed by atoms with Gasteiger partial charge in [-0.15, -0.1) is 0 Å². The van der Waals surface area contributed by atoms with Crippen LogP contribution in [0.1, 0.15) is 76.0 Å². The molecule has 2 amide bonds. The third kappa shape index (κ3) is 5.81. The lowest BCUT2D eigenvalue weighted by Gasteiger charge is -2.17. The second-order valence-corrected chi connectivity index (χ2v) is 13.1. The standard InChI is InChI=1S/C28H40N6O5S/c29-25-21-16(5-1-2-6-17(35)7-3-4-8-20-22-18(13-40-20)32-28(38)33-22)12-34(26(21)31-14-30-25)27-24(37)23(36)19(39-27)11-15-9-10-15/h12,14-15,18-20,22-24,27,36-37H,1-11,13H2,(H2,29,30,31)(H2,32,33,38)/t18?,19-,20?,22?,23?,24+,27-/m1/s1. The Bertz CT molecular complexity index is 1240. The highest BCUT2D eigenvalue weighted by molar-refractivity contribution is 8.00. The fourth-order valence-electron chi connectivity index (χ4n) is 6.48. The Kier molecular flexibility index (Phi) is 8.21. The topological polar surface area (TPSA) is 165 Å². The lowest BCUT2D eigenvalue weighted by Crippen LogP contribution is -2.36. The van der Waals surface area contributed by atoms with E-state index in [1.807, 2.05) is 18.0 Å². The Hall–Kier alpha value is -2.41. The Labute approximate surface area is 238 Å². The van der Waals surface area contributed by atoms with Crippen molar-refractivity contribution >= 4 is 40.4 Å². The van der Waals surface area contributed by atoms with Crippen LogP contribution in [0.15, 0.2) is 12.5 Å². The highest BCUT2D eigenvalue weighted by Gasteiger charge is 2.46. The van der Waals surface area contributed by atoms with Gasteiger partial charge in [0.05, 0.1) is 23.6 Å². The van der Waals surface area contributed by atoms with Crippen molar-refractivity contribution < 1.29 is 24.5 Å². The summed E-state index contributed by atoms with van der Waals surface area (Å²) in [5.41, 5.74) is 7.78. The molecule has 2 aromatic rings. The van der Waals surface area contributed by atoms with Gasteiger partial charge >= 0.3 is 6.03 Å². The van der Waals surface area contributed by atoms with E-state index in [0.29, 0.717) is 41.9 Å². The second kappa shape index (κ2) is 11.8. The minimum Gasteiger partial charge on any atom is -0.388 e. The summed E-state index contributed by atoms with van der Waals surface area (Å²) in [7, 11) is 0. The fourth-order valence-corrected chi connectivity index (χ4v) is 8.02. The zero-order valence-electron chi connectivity index (χ0n) is 22.7. The number of aromatic nitrogens is 3. The molecule has 12 heteroatoms. The third-order valence-corrected chi connectivity index (χ3v) is 10.4. The average Bonchev–Trinajstić information content (AvgIpc) is 3.25. The molecule has 4 aliphatic rings. The number of amides is 2. The number of nitrogens with one attached hydrogen (secondary N) is 2. The van der Waals surface area contributed by atoms with Gasteiger partial charge in [-0.05, 0) is 50.0 Å². The van der Waals surface area contributed by atoms with Crippen molar-refractivity contribution in [2.45, 2.75) is 113 Å². The molecule has 6 N–H and O–H groups in total. The number of Topliss-reactive ketones (excluding diaryl/α,β-unsaturated/α-hetero) is 1. The molecule has 5 heterocycles. The number of nitrogens with zero attached hydrogens (tertiary/aromatic N) is 3. The first-order valence-corrected chi connectivity index (χ1v) is 15.8. The van der Waals surface area contributed by atoms with E-state index < -0.39 is 24.5 Å². The van der Waals surface area contributed by atoms with Gasteiger partial charge in [-0.1, -0.05) is 19.3 Å². The van der Waals surface area contributed by atoms with Gasteiger partial charge in [-0.25, -0.2) is 14.8 Å². The van der Waals surface area contributed by atoms with Crippen LogP contribution in [0, 0.1) is 5.92 Å². The summed E-state index contributed by atoms with van der Waals surface area (Å²) in [6.45, 7) is 0. The molecule has 0 bridgehead atoms. The molecule has 1 aliphatic carbocycles. The minimum absolute atomic E-state index is 0.0592. The number of hydrogen-bond donors (Lipinski definition) is 5. The monoisotopic (exact) mass is 572 g/mol. The van der Waals surface area contributed by atoms with E-state index in [0.717, 1.165) is 68.1 Å². The van der Waals surface area contributed by atoms with Crippen LogP contribution in [0.5, 0.6) is 0 Å². The van der Waals surface area contributed by atoms with E-state index in [1.165, 1.54) is 6.33 Å². The summed E-state index contributed by atoms with van der Waals surface area (Å²) < 4.78 is 7.92. The number of ether oxygens (including phenoxy) is 1. The first-order valence-electron chi connectivity index (χ1n) is 14.7. The number of rotatable bonds is 13. The SMILES string of the molecule is Nc1ncnc2c1c(CCCCC(=O)CCCCC1SCC3NC(=O)NC31)cn2[C@@H]1O[C@H](CC2CC2)C(O)[C@@H]1O. The molecule has 4 fully saturated rings. The van der Waals surface area contributed by atoms with Crippen LogP contribution in [0.4, 0.5) is 10.6 Å². The summed E-state index contributed by atoms with van der Waals surface area (Å²) in [5, 5.41) is 28.6. The molecular weight excluding hydrogens is 532 g/mol. The van der Waals surface area contributed by atoms with Crippen LogP contribution < -0.4 is 16.4 Å². The predicted octanol–water partition coefficient (Wildman–Crippen LogP) is 2.44. The van der Waals surface area contributed by atoms with Crippen molar-refractivity contribution in [3.05, 3.63) is 18.1 Å². The largest absolute Gasteiger partial charge is 0.388 e. The summed E-state index contributed by atoms with van der Waals surface area (Å²) in [6, 6.07) is 0.402. The van der Waals surface area contributed by atoms with E-state index in [4.69, 9.17) is 10.5 Å². The molecule has 4 unspecified atom stereocenters. The van der Waals surface area contributed by atoms with Crippen molar-refractivity contribution in [1.29, 1.82) is 0 Å². The number of aliphatic hydroxyl groups excluding tert-OH is 2. The maximum absolute atomic E-state index is 12.5. The molecule has 218 valence electrons. The number of thioether (sulfide) groups is 1. The summed E-state index contributed by atoms with van der Waals surface area (Å²) >= 11 is 1.91. The molecule has 7 atom stereocenters. The molecule has 3 saturated heterocycles. The molecule has 11 nitrogen and oxygen atoms in total. The van der Waals surface area contributed by atoms with Gasteiger partial charge in [0, 0.05) is 30.0 Å². The number of anilines is 1. The van der Waals surface area contributed by atoms with Crippen LogP contribution in [-0.2, 0) is 16.0 Å². The van der Waals surface area contributed by atoms with Crippen LogP contribution >= 0.6 is 11.8 Å². The van der Waals surface area contributed by atoms with E-state index in [-0.39, 0.29) is 23.9 Å². The molecule has 0 radical (unpaired) electrons. The second-order valence-electron chi connectivity index (χ2n) is 11.9. The number of unbranched alkanes of at least 4 members (excludes halogenated alkanes) is 2. The number of carbonyl (C=O) groups is 2. The van der Waals surface area contributed by atoms with Gasteiger partial charge in [-0.3, -0.25) is 4.79 Å². The number of carbonyl (C=O) groups excluding carboxylic acids is 2. The molecule has 0 spiro atoms. The molecule has 0 aromatic carbocycles. The van der Waals surface area contributed by atoms with Crippen molar-refractivity contribution in [2.24, 2.45) is 5.92 Å². The van der Waals surface area contributed by atoms with Gasteiger partial charge in [0.25, 0.3) is 0 Å². The van der Waals surface area contributed by atoms with E-state index in [9.17, 15) is 19.8 Å². The quantitative estimate of drug-likeness (QED) is 0.179. The minimum atomic E-state index is -1.05. The smallest absolute Gasteiger partial charge is 0.315 e. The zero-order chi connectivity index (χ0) is 27.8. The van der Waals surface area contributed by atoms with Gasteiger partial charge in [0.2, 0.25) is 0 Å². The average molecular weight is 573 g/mol. The predicted molar refractivity (Wildman–Crippen MR) is 152 cm³/mol. The van der Waals surface area contributed by atoms with E-state index in [1.54, 1.807) is 4.57 Å². The summed E-state index contributed by atoms with van der Waals surface area (Å²) in [6.07, 6.45) is 9.57. The maximum Gasteiger partial charge on any atom is 0.315 e. The molecular formula is C28H40N6O5S. The summed E-state index contributed by atoms with van der Waals surface area (Å²) in [5.74, 6) is 2.19. The highest BCUT2D eigenvalue weighted by Crippen LogP contribution is 2.41. The fraction of sp³-hybridized carbons (Fsp3) is 0.714. The van der Waals surface area contributed by atoms with E-state index in [2.05, 4.69) is 20.6 Å². The third-order valence-electron chi connectivity index (χ3n) is 8.88. The number of aliphatic hydroxyl groups is 2. The van der Waals surface area contributed by atoms with Crippen molar-refractivity contribution in [2.75, 3.05) is 11.5 Å². The normalized spacial score (nSPS) is 31.4. The lowest BCUT2D eigenvalue weighted by molar-refractivity contribution is -0.119. The molecule has 1 saturated carbocycles. The van der Waals surface area contributed by atoms with Gasteiger partial charge in [0.1, 0.15) is 35.8 Å². The van der Waals surface area contributed by atoms with Gasteiger partial charge in [-0.2, -0.15) is 11.8 Å². The molecule has 40 heavy (non-hydrogen) atoms. The Morgan fingerprint density at radius 3 is 2.73 bits per heavy atom. The Balaban J connectivity index is 0.979. The van der Waals surface area contributed by atoms with Crippen LogP contribution in [-0.4, -0.2) is 78.0 Å². The number of aryl methyl sites for hydroxylation is 1. The van der Waals surface area contributed by atoms with Crippen molar-refractivity contribution in [1.82, 2.24) is 25.2 Å². The lowest BCUT2D eigenvalue weighted by atomic mass is 10.0. The van der Waals surface area contributed by atoms with Crippen LogP contribution in [0.2, 0.25) is 0 Å². The number of nitrogens with two attached hydrogens (primary N) is 1. The first-order chi connectivity index (χ1) is 19.4. The number of ketones is 1. The van der Waals surface area contributed by atoms with Crippen LogP contribution in [0.3, 0.4) is 0 Å². The Morgan fingerprint density at radius 2 is 1.93 bits per heavy atom. The number of nitrogen functional groups attached to an aromatic ring is 1. The molecule has 6 rings (SSSR count). The number of fused-ring (bicyclic) bond motifs is 2.